The lowest BCUT2D eigenvalue weighted by Gasteiger charge is -1.98. The summed E-state index contributed by atoms with van der Waals surface area (Å²) in [5.74, 6) is 0. The van der Waals surface area contributed by atoms with Gasteiger partial charge in [0.1, 0.15) is 0 Å². The first-order chi connectivity index (χ1) is 7.38. The van der Waals surface area contributed by atoms with Gasteiger partial charge in [-0.05, 0) is 6.07 Å². The van der Waals surface area contributed by atoms with Crippen LogP contribution in [-0.2, 0) is 13.2 Å². The zero-order chi connectivity index (χ0) is 11.9. The highest BCUT2D eigenvalue weighted by Crippen LogP contribution is 2.32. The lowest BCUT2D eigenvalue weighted by Crippen LogP contribution is -2.06. The maximum Gasteiger partial charge on any atom is 0.435 e. The van der Waals surface area contributed by atoms with Crippen molar-refractivity contribution >= 4 is 16.5 Å². The minimum atomic E-state index is -4.47. The van der Waals surface area contributed by atoms with Crippen molar-refractivity contribution in [2.24, 2.45) is 7.05 Å². The molecule has 0 aliphatic heterocycles. The Morgan fingerprint density at radius 3 is 2.50 bits per heavy atom. The summed E-state index contributed by atoms with van der Waals surface area (Å²) in [6.45, 7) is 0. The van der Waals surface area contributed by atoms with Gasteiger partial charge in [-0.25, -0.2) is 0 Å². The van der Waals surface area contributed by atoms with E-state index in [-0.39, 0.29) is 10.8 Å². The van der Waals surface area contributed by atoms with E-state index in [2.05, 4.69) is 15.3 Å². The van der Waals surface area contributed by atoms with Gasteiger partial charge in [0, 0.05) is 7.05 Å². The fraction of sp³-hybridized carbons (Fsp3) is 0.286. The molecule has 0 aliphatic rings. The number of hydrogen-bond donors (Lipinski definition) is 1. The number of rotatable bonds is 1. The predicted molar refractivity (Wildman–Crippen MR) is 51.5 cm³/mol. The van der Waals surface area contributed by atoms with E-state index in [1.54, 1.807) is 0 Å². The van der Waals surface area contributed by atoms with Crippen LogP contribution in [0.2, 0.25) is 0 Å². The van der Waals surface area contributed by atoms with Gasteiger partial charge in [0.25, 0.3) is 0 Å². The van der Waals surface area contributed by atoms with Crippen LogP contribution in [0.3, 0.4) is 0 Å². The van der Waals surface area contributed by atoms with E-state index in [0.717, 1.165) is 22.1 Å². The molecule has 16 heavy (non-hydrogen) atoms. The number of nitrogens with two attached hydrogens (primary N) is 1. The minimum Gasteiger partial charge on any atom is -0.374 e. The summed E-state index contributed by atoms with van der Waals surface area (Å²) in [5, 5.41) is 11.1. The van der Waals surface area contributed by atoms with E-state index in [4.69, 9.17) is 5.73 Å². The molecular weight excluding hydrogens is 243 g/mol. The molecule has 0 amide bonds. The predicted octanol–water partition coefficient (Wildman–Crippen LogP) is 1.54. The molecule has 0 radical (unpaired) electrons. The van der Waals surface area contributed by atoms with Gasteiger partial charge in [-0.3, -0.25) is 4.68 Å². The molecule has 86 valence electrons. The zero-order valence-corrected chi connectivity index (χ0v) is 8.80. The van der Waals surface area contributed by atoms with Crippen LogP contribution in [-0.4, -0.2) is 20.0 Å². The second kappa shape index (κ2) is 3.44. The second-order valence-corrected chi connectivity index (χ2v) is 3.99. The monoisotopic (exact) mass is 249 g/mol. The molecule has 2 heterocycles. The lowest BCUT2D eigenvalue weighted by atomic mass is 10.3. The van der Waals surface area contributed by atoms with Crippen LogP contribution in [0, 0.1) is 0 Å². The summed E-state index contributed by atoms with van der Waals surface area (Å²) in [7, 11) is 1.40. The van der Waals surface area contributed by atoms with Crippen molar-refractivity contribution in [1.82, 2.24) is 20.0 Å². The van der Waals surface area contributed by atoms with Crippen molar-refractivity contribution in [3.05, 3.63) is 11.8 Å². The molecule has 5 nitrogen and oxygen atoms in total. The number of halogens is 3. The Bertz CT molecular complexity index is 514. The summed E-state index contributed by atoms with van der Waals surface area (Å²) in [6, 6.07) is 0.917. The second-order valence-electron chi connectivity index (χ2n) is 2.98. The highest BCUT2D eigenvalue weighted by atomic mass is 32.1. The molecule has 9 heteroatoms. The summed E-state index contributed by atoms with van der Waals surface area (Å²) in [4.78, 5) is 0. The molecule has 2 rings (SSSR count). The minimum absolute atomic E-state index is 0.199. The van der Waals surface area contributed by atoms with Gasteiger partial charge in [0.15, 0.2) is 10.7 Å². The average molecular weight is 249 g/mol. The number of nitrogen functional groups attached to an aromatic ring is 1. The molecule has 2 aromatic heterocycles. The molecule has 2 N–H and O–H groups in total. The fourth-order valence-electron chi connectivity index (χ4n) is 1.14. The summed E-state index contributed by atoms with van der Waals surface area (Å²) in [6.07, 6.45) is -4.47. The van der Waals surface area contributed by atoms with Crippen molar-refractivity contribution in [3.8, 4) is 10.7 Å². The summed E-state index contributed by atoms with van der Waals surface area (Å²) in [5.41, 5.74) is 4.63. The van der Waals surface area contributed by atoms with E-state index in [9.17, 15) is 13.2 Å². The Labute approximate surface area is 91.7 Å². The molecule has 0 unspecified atom stereocenters. The maximum absolute atomic E-state index is 12.4. The topological polar surface area (TPSA) is 69.6 Å². The summed E-state index contributed by atoms with van der Waals surface area (Å²) >= 11 is 1.01. The van der Waals surface area contributed by atoms with Gasteiger partial charge >= 0.3 is 6.18 Å². The fourth-order valence-corrected chi connectivity index (χ4v) is 1.80. The van der Waals surface area contributed by atoms with Crippen molar-refractivity contribution < 1.29 is 13.2 Å². The standard InChI is InChI=1S/C7H6F3N5S/c1-15-3(5-12-13-6(11)16-5)2-4(14-15)7(8,9)10/h2H,1H3,(H2,11,13). The van der Waals surface area contributed by atoms with Crippen LogP contribution in [0.5, 0.6) is 0 Å². The Morgan fingerprint density at radius 1 is 1.38 bits per heavy atom. The van der Waals surface area contributed by atoms with E-state index in [1.165, 1.54) is 7.05 Å². The zero-order valence-electron chi connectivity index (χ0n) is 7.99. The Morgan fingerprint density at radius 2 is 2.06 bits per heavy atom. The van der Waals surface area contributed by atoms with Crippen molar-refractivity contribution in [1.29, 1.82) is 0 Å². The van der Waals surface area contributed by atoms with E-state index < -0.39 is 11.9 Å². The van der Waals surface area contributed by atoms with Crippen LogP contribution < -0.4 is 5.73 Å². The molecule has 0 bridgehead atoms. The first kappa shape index (κ1) is 10.9. The van der Waals surface area contributed by atoms with Gasteiger partial charge in [-0.15, -0.1) is 10.2 Å². The highest BCUT2D eigenvalue weighted by Gasteiger charge is 2.35. The maximum atomic E-state index is 12.4. The number of alkyl halides is 3. The van der Waals surface area contributed by atoms with Crippen LogP contribution in [0.15, 0.2) is 6.07 Å². The number of aryl methyl sites for hydroxylation is 1. The van der Waals surface area contributed by atoms with E-state index >= 15 is 0 Å². The third-order valence-corrected chi connectivity index (χ3v) is 2.60. The van der Waals surface area contributed by atoms with Crippen molar-refractivity contribution in [2.45, 2.75) is 6.18 Å². The van der Waals surface area contributed by atoms with E-state index in [1.807, 2.05) is 0 Å². The Kier molecular flexibility index (Phi) is 2.34. The first-order valence-electron chi connectivity index (χ1n) is 4.08. The average Bonchev–Trinajstić information content (AvgIpc) is 2.70. The molecule has 0 saturated carbocycles. The van der Waals surface area contributed by atoms with Crippen LogP contribution in [0.4, 0.5) is 18.3 Å². The lowest BCUT2D eigenvalue weighted by molar-refractivity contribution is -0.141. The van der Waals surface area contributed by atoms with Crippen molar-refractivity contribution in [2.75, 3.05) is 5.73 Å². The molecule has 0 atom stereocenters. The highest BCUT2D eigenvalue weighted by molar-refractivity contribution is 7.18. The van der Waals surface area contributed by atoms with E-state index in [0.29, 0.717) is 5.01 Å². The van der Waals surface area contributed by atoms with Gasteiger partial charge in [0.2, 0.25) is 5.13 Å². The normalized spacial score (nSPS) is 12.0. The van der Waals surface area contributed by atoms with Gasteiger partial charge in [-0.1, -0.05) is 11.3 Å². The SMILES string of the molecule is Cn1nc(C(F)(F)F)cc1-c1nnc(N)s1. The smallest absolute Gasteiger partial charge is 0.374 e. The third-order valence-electron chi connectivity index (χ3n) is 1.83. The molecular formula is C7H6F3N5S. The largest absolute Gasteiger partial charge is 0.435 e. The van der Waals surface area contributed by atoms with Gasteiger partial charge < -0.3 is 5.73 Å². The van der Waals surface area contributed by atoms with Crippen LogP contribution in [0.1, 0.15) is 5.69 Å². The quantitative estimate of drug-likeness (QED) is 0.832. The Balaban J connectivity index is 2.47. The number of hydrogen-bond acceptors (Lipinski definition) is 5. The number of nitrogens with zero attached hydrogens (tertiary/aromatic N) is 4. The molecule has 0 saturated heterocycles. The van der Waals surface area contributed by atoms with Crippen LogP contribution >= 0.6 is 11.3 Å². The molecule has 0 spiro atoms. The Hall–Kier alpha value is -1.64. The van der Waals surface area contributed by atoms with Crippen LogP contribution in [0.25, 0.3) is 10.7 Å². The van der Waals surface area contributed by atoms with Gasteiger partial charge in [0.05, 0.1) is 5.69 Å². The molecule has 0 aliphatic carbocycles. The van der Waals surface area contributed by atoms with Gasteiger partial charge in [-0.2, -0.15) is 18.3 Å². The molecule has 2 aromatic rings. The first-order valence-corrected chi connectivity index (χ1v) is 4.90. The third kappa shape index (κ3) is 1.85. The summed E-state index contributed by atoms with van der Waals surface area (Å²) < 4.78 is 38.2. The van der Waals surface area contributed by atoms with Crippen molar-refractivity contribution in [3.63, 3.8) is 0 Å². The number of anilines is 1. The molecule has 0 aromatic carbocycles. The molecule has 0 fully saturated rings. The number of aromatic nitrogens is 4.